The van der Waals surface area contributed by atoms with E-state index >= 15 is 0 Å². The summed E-state index contributed by atoms with van der Waals surface area (Å²) >= 11 is 0. The van der Waals surface area contributed by atoms with Crippen LogP contribution in [0.15, 0.2) is 11.6 Å². The van der Waals surface area contributed by atoms with Gasteiger partial charge in [0.05, 0.1) is 20.3 Å². The highest BCUT2D eigenvalue weighted by atomic mass is 16.7. The molecule has 1 fully saturated rings. The van der Waals surface area contributed by atoms with Crippen LogP contribution in [0.25, 0.3) is 0 Å². The summed E-state index contributed by atoms with van der Waals surface area (Å²) in [7, 11) is 1.35. The second-order valence-corrected chi connectivity index (χ2v) is 6.42. The van der Waals surface area contributed by atoms with Crippen molar-refractivity contribution >= 4 is 5.97 Å². The molecule has 0 spiro atoms. The van der Waals surface area contributed by atoms with Crippen molar-refractivity contribution in [2.45, 2.75) is 63.8 Å². The number of allylic oxidation sites excluding steroid dienone is 1. The minimum absolute atomic E-state index is 0.295. The average Bonchev–Trinajstić information content (AvgIpc) is 2.60. The molecule has 0 aromatic rings. The fourth-order valence-corrected chi connectivity index (χ4v) is 2.56. The van der Waals surface area contributed by atoms with E-state index in [0.717, 1.165) is 12.8 Å². The van der Waals surface area contributed by atoms with Crippen molar-refractivity contribution in [2.75, 3.05) is 20.3 Å². The molecule has 6 atom stereocenters. The highest BCUT2D eigenvalue weighted by Crippen LogP contribution is 2.22. The molecule has 1 aliphatic heterocycles. The molecule has 1 heterocycles. The van der Waals surface area contributed by atoms with Gasteiger partial charge in [-0.25, -0.2) is 4.79 Å². The quantitative estimate of drug-likeness (QED) is 0.326. The molecule has 6 unspecified atom stereocenters. The van der Waals surface area contributed by atoms with Gasteiger partial charge in [0.1, 0.15) is 24.4 Å². The fraction of sp³-hybridized carbons (Fsp3) is 0.824. The van der Waals surface area contributed by atoms with Gasteiger partial charge in [0.25, 0.3) is 0 Å². The van der Waals surface area contributed by atoms with Gasteiger partial charge in [0.2, 0.25) is 0 Å². The van der Waals surface area contributed by atoms with Crippen molar-refractivity contribution in [3.8, 4) is 0 Å². The van der Waals surface area contributed by atoms with Crippen LogP contribution in [-0.2, 0) is 19.0 Å². The number of rotatable bonds is 9. The van der Waals surface area contributed by atoms with Gasteiger partial charge >= 0.3 is 5.97 Å². The van der Waals surface area contributed by atoms with Crippen molar-refractivity contribution < 1.29 is 39.4 Å². The van der Waals surface area contributed by atoms with E-state index in [-0.39, 0.29) is 5.97 Å². The highest BCUT2D eigenvalue weighted by molar-refractivity contribution is 5.87. The lowest BCUT2D eigenvalue weighted by Crippen LogP contribution is -2.59. The Balaban J connectivity index is 2.32. The molecule has 1 saturated heterocycles. The van der Waals surface area contributed by atoms with Crippen molar-refractivity contribution in [1.29, 1.82) is 0 Å². The monoisotopic (exact) mass is 362 g/mol. The van der Waals surface area contributed by atoms with E-state index < -0.39 is 37.3 Å². The number of aliphatic hydroxyl groups excluding tert-OH is 4. The summed E-state index contributed by atoms with van der Waals surface area (Å²) in [6.45, 7) is 3.56. The minimum Gasteiger partial charge on any atom is -0.466 e. The van der Waals surface area contributed by atoms with Gasteiger partial charge in [0, 0.05) is 5.57 Å². The molecule has 0 saturated carbocycles. The van der Waals surface area contributed by atoms with E-state index in [1.807, 2.05) is 13.0 Å². The van der Waals surface area contributed by atoms with E-state index in [4.69, 9.17) is 14.6 Å². The molecule has 0 aliphatic carbocycles. The van der Waals surface area contributed by atoms with Crippen molar-refractivity contribution in [2.24, 2.45) is 5.92 Å². The Labute approximate surface area is 148 Å². The Bertz CT molecular complexity index is 436. The number of ether oxygens (including phenoxy) is 3. The normalized spacial score (nSPS) is 31.6. The zero-order valence-electron chi connectivity index (χ0n) is 15.0. The standard InChI is InChI=1S/C17H30O8/c1-10(5-4-6-11(2)16(22)23-3)7-8-24-17-15(21)14(20)13(19)12(9-18)25-17/h6,10,12-15,17-21H,4-5,7-9H2,1-3H3/b11-6+. The summed E-state index contributed by atoms with van der Waals surface area (Å²) < 4.78 is 15.4. The first-order valence-electron chi connectivity index (χ1n) is 8.49. The summed E-state index contributed by atoms with van der Waals surface area (Å²) in [5, 5.41) is 38.4. The maximum atomic E-state index is 11.3. The Morgan fingerprint density at radius 3 is 2.48 bits per heavy atom. The van der Waals surface area contributed by atoms with Crippen LogP contribution in [0.2, 0.25) is 0 Å². The van der Waals surface area contributed by atoms with Crippen molar-refractivity contribution in [1.82, 2.24) is 0 Å². The lowest BCUT2D eigenvalue weighted by atomic mass is 9.99. The zero-order valence-corrected chi connectivity index (χ0v) is 15.0. The molecule has 1 aliphatic rings. The van der Waals surface area contributed by atoms with Crippen LogP contribution in [0.3, 0.4) is 0 Å². The summed E-state index contributed by atoms with van der Waals surface area (Å²) in [5.41, 5.74) is 0.576. The molecule has 8 heteroatoms. The molecular weight excluding hydrogens is 332 g/mol. The van der Waals surface area contributed by atoms with Crippen LogP contribution >= 0.6 is 0 Å². The third-order valence-corrected chi connectivity index (χ3v) is 4.36. The maximum absolute atomic E-state index is 11.3. The summed E-state index contributed by atoms with van der Waals surface area (Å²) in [6, 6.07) is 0. The maximum Gasteiger partial charge on any atom is 0.333 e. The van der Waals surface area contributed by atoms with E-state index in [1.54, 1.807) is 6.92 Å². The highest BCUT2D eigenvalue weighted by Gasteiger charge is 2.43. The minimum atomic E-state index is -1.43. The lowest BCUT2D eigenvalue weighted by Gasteiger charge is -2.39. The number of hydrogen-bond acceptors (Lipinski definition) is 8. The van der Waals surface area contributed by atoms with Gasteiger partial charge in [-0.15, -0.1) is 0 Å². The van der Waals surface area contributed by atoms with Crippen LogP contribution in [0, 0.1) is 5.92 Å². The Kier molecular flexibility index (Phi) is 9.55. The third kappa shape index (κ3) is 6.65. The third-order valence-electron chi connectivity index (χ3n) is 4.36. The number of carbonyl (C=O) groups excluding carboxylic acids is 1. The summed E-state index contributed by atoms with van der Waals surface area (Å²) in [4.78, 5) is 11.3. The fourth-order valence-electron chi connectivity index (χ4n) is 2.56. The number of esters is 1. The van der Waals surface area contributed by atoms with Crippen molar-refractivity contribution in [3.63, 3.8) is 0 Å². The van der Waals surface area contributed by atoms with Crippen LogP contribution in [0.5, 0.6) is 0 Å². The largest absolute Gasteiger partial charge is 0.466 e. The molecule has 25 heavy (non-hydrogen) atoms. The van der Waals surface area contributed by atoms with Gasteiger partial charge < -0.3 is 34.6 Å². The Hall–Kier alpha value is -1.03. The molecule has 4 N–H and O–H groups in total. The number of methoxy groups -OCH3 is 1. The lowest BCUT2D eigenvalue weighted by molar-refractivity contribution is -0.301. The molecule has 0 bridgehead atoms. The zero-order chi connectivity index (χ0) is 19.0. The predicted octanol–water partition coefficient (Wildman–Crippen LogP) is -0.271. The predicted molar refractivity (Wildman–Crippen MR) is 88.5 cm³/mol. The van der Waals surface area contributed by atoms with Crippen LogP contribution in [0.1, 0.15) is 33.1 Å². The Morgan fingerprint density at radius 1 is 1.20 bits per heavy atom. The second kappa shape index (κ2) is 10.8. The van der Waals surface area contributed by atoms with E-state index in [1.165, 1.54) is 7.11 Å². The van der Waals surface area contributed by atoms with Crippen LogP contribution < -0.4 is 0 Å². The molecule has 1 rings (SSSR count). The van der Waals surface area contributed by atoms with Crippen molar-refractivity contribution in [3.05, 3.63) is 11.6 Å². The van der Waals surface area contributed by atoms with E-state index in [0.29, 0.717) is 24.5 Å². The second-order valence-electron chi connectivity index (χ2n) is 6.42. The van der Waals surface area contributed by atoms with Crippen LogP contribution in [-0.4, -0.2) is 77.4 Å². The van der Waals surface area contributed by atoms with Crippen LogP contribution in [0.4, 0.5) is 0 Å². The molecule has 8 nitrogen and oxygen atoms in total. The molecule has 0 aromatic carbocycles. The van der Waals surface area contributed by atoms with E-state index in [9.17, 15) is 20.1 Å². The van der Waals surface area contributed by atoms with Gasteiger partial charge in [-0.2, -0.15) is 0 Å². The van der Waals surface area contributed by atoms with Gasteiger partial charge in [0.15, 0.2) is 6.29 Å². The first kappa shape index (κ1) is 22.0. The first-order chi connectivity index (χ1) is 11.8. The molecule has 0 amide bonds. The smallest absolute Gasteiger partial charge is 0.333 e. The van der Waals surface area contributed by atoms with Gasteiger partial charge in [-0.3, -0.25) is 0 Å². The number of aliphatic hydroxyl groups is 4. The van der Waals surface area contributed by atoms with Gasteiger partial charge in [-0.1, -0.05) is 13.0 Å². The number of carbonyl (C=O) groups is 1. The first-order valence-corrected chi connectivity index (χ1v) is 8.49. The molecular formula is C17H30O8. The van der Waals surface area contributed by atoms with E-state index in [2.05, 4.69) is 4.74 Å². The topological polar surface area (TPSA) is 126 Å². The average molecular weight is 362 g/mol. The summed E-state index contributed by atoms with van der Waals surface area (Å²) in [5.74, 6) is -0.0230. The number of hydrogen-bond donors (Lipinski definition) is 4. The SMILES string of the molecule is COC(=O)/C(C)=C/CCC(C)CCOC1OC(CO)C(O)C(O)C1O. The van der Waals surface area contributed by atoms with Gasteiger partial charge in [-0.05, 0) is 32.1 Å². The molecule has 146 valence electrons. The molecule has 0 radical (unpaired) electrons. The Morgan fingerprint density at radius 2 is 1.88 bits per heavy atom. The molecule has 0 aromatic heterocycles. The summed E-state index contributed by atoms with van der Waals surface area (Å²) in [6.07, 6.45) is -2.13.